The number of benzene rings is 3. The maximum absolute atomic E-state index is 12.9. The maximum atomic E-state index is 12.9. The van der Waals surface area contributed by atoms with Crippen molar-refractivity contribution in [1.29, 1.82) is 0 Å². The summed E-state index contributed by atoms with van der Waals surface area (Å²) in [6, 6.07) is 18.9. The standard InChI is InChI=1S/C23H17FO4S/c24-17-6-8-18(9-7-17)29-12-11-21(25)27-14-16-13-22(26)28-20-10-5-15-3-1-2-4-19(15)23(16)20/h1-10,13H,11-12,14H2. The lowest BCUT2D eigenvalue weighted by molar-refractivity contribution is -0.144. The van der Waals surface area contributed by atoms with Crippen LogP contribution in [0, 0.1) is 5.82 Å². The monoisotopic (exact) mass is 408 g/mol. The smallest absolute Gasteiger partial charge is 0.336 e. The molecule has 6 heteroatoms. The van der Waals surface area contributed by atoms with Crippen LogP contribution in [-0.2, 0) is 16.1 Å². The number of carbonyl (C=O) groups is 1. The fourth-order valence-electron chi connectivity index (χ4n) is 3.15. The van der Waals surface area contributed by atoms with Crippen molar-refractivity contribution in [2.45, 2.75) is 17.9 Å². The maximum Gasteiger partial charge on any atom is 0.336 e. The summed E-state index contributed by atoms with van der Waals surface area (Å²) >= 11 is 1.45. The van der Waals surface area contributed by atoms with Crippen LogP contribution < -0.4 is 5.63 Å². The molecule has 0 amide bonds. The normalized spacial score (nSPS) is 11.1. The average Bonchev–Trinajstić information content (AvgIpc) is 2.73. The fraction of sp³-hybridized carbons (Fsp3) is 0.130. The van der Waals surface area contributed by atoms with Crippen LogP contribution in [0.4, 0.5) is 4.39 Å². The van der Waals surface area contributed by atoms with E-state index in [9.17, 15) is 14.0 Å². The lowest BCUT2D eigenvalue weighted by Gasteiger charge is -2.09. The van der Waals surface area contributed by atoms with Gasteiger partial charge in [0.15, 0.2) is 0 Å². The van der Waals surface area contributed by atoms with Crippen molar-refractivity contribution in [3.63, 3.8) is 0 Å². The molecule has 4 aromatic rings. The SMILES string of the molecule is O=C(CCSc1ccc(F)cc1)OCc1cc(=O)oc2ccc3ccccc3c12. The van der Waals surface area contributed by atoms with Crippen LogP contribution in [0.5, 0.6) is 0 Å². The molecule has 0 unspecified atom stereocenters. The van der Waals surface area contributed by atoms with Crippen LogP contribution in [-0.4, -0.2) is 11.7 Å². The molecule has 0 saturated carbocycles. The molecule has 0 bridgehead atoms. The van der Waals surface area contributed by atoms with Gasteiger partial charge >= 0.3 is 11.6 Å². The van der Waals surface area contributed by atoms with Gasteiger partial charge in [0.05, 0.1) is 6.42 Å². The van der Waals surface area contributed by atoms with Gasteiger partial charge in [-0.1, -0.05) is 30.3 Å². The van der Waals surface area contributed by atoms with Gasteiger partial charge in [0, 0.05) is 27.7 Å². The highest BCUT2D eigenvalue weighted by molar-refractivity contribution is 7.99. The number of halogens is 1. The fourth-order valence-corrected chi connectivity index (χ4v) is 3.98. The molecular weight excluding hydrogens is 391 g/mol. The molecule has 0 aliphatic carbocycles. The Morgan fingerprint density at radius 3 is 2.66 bits per heavy atom. The Morgan fingerprint density at radius 1 is 1.03 bits per heavy atom. The third-order valence-electron chi connectivity index (χ3n) is 4.49. The Bertz CT molecular complexity index is 1230. The van der Waals surface area contributed by atoms with Gasteiger partial charge in [0.2, 0.25) is 0 Å². The first-order valence-electron chi connectivity index (χ1n) is 9.08. The summed E-state index contributed by atoms with van der Waals surface area (Å²) in [4.78, 5) is 24.9. The van der Waals surface area contributed by atoms with Crippen LogP contribution in [0.15, 0.2) is 80.8 Å². The molecule has 0 N–H and O–H groups in total. The van der Waals surface area contributed by atoms with Gasteiger partial charge in [-0.2, -0.15) is 0 Å². The second-order valence-electron chi connectivity index (χ2n) is 6.46. The number of ether oxygens (including phenoxy) is 1. The third-order valence-corrected chi connectivity index (χ3v) is 5.51. The van der Waals surface area contributed by atoms with E-state index in [2.05, 4.69) is 0 Å². The third kappa shape index (κ3) is 4.49. The van der Waals surface area contributed by atoms with E-state index in [1.54, 1.807) is 18.2 Å². The number of hydrogen-bond donors (Lipinski definition) is 0. The van der Waals surface area contributed by atoms with E-state index in [0.29, 0.717) is 16.9 Å². The number of esters is 1. The highest BCUT2D eigenvalue weighted by Crippen LogP contribution is 2.28. The van der Waals surface area contributed by atoms with Crippen molar-refractivity contribution >= 4 is 39.5 Å². The molecule has 29 heavy (non-hydrogen) atoms. The predicted octanol–water partition coefficient (Wildman–Crippen LogP) is 5.31. The first kappa shape index (κ1) is 19.2. The molecule has 0 fully saturated rings. The van der Waals surface area contributed by atoms with E-state index in [0.717, 1.165) is 21.1 Å². The number of carbonyl (C=O) groups excluding carboxylic acids is 1. The zero-order valence-corrected chi connectivity index (χ0v) is 16.2. The van der Waals surface area contributed by atoms with Crippen LogP contribution in [0.3, 0.4) is 0 Å². The largest absolute Gasteiger partial charge is 0.461 e. The Morgan fingerprint density at radius 2 is 1.83 bits per heavy atom. The molecule has 4 rings (SSSR count). The summed E-state index contributed by atoms with van der Waals surface area (Å²) < 4.78 is 23.6. The van der Waals surface area contributed by atoms with E-state index in [1.165, 1.54) is 30.0 Å². The molecule has 4 nitrogen and oxygen atoms in total. The van der Waals surface area contributed by atoms with Gasteiger partial charge in [-0.15, -0.1) is 11.8 Å². The highest BCUT2D eigenvalue weighted by atomic mass is 32.2. The number of hydrogen-bond acceptors (Lipinski definition) is 5. The molecule has 0 aliphatic rings. The first-order valence-corrected chi connectivity index (χ1v) is 10.1. The van der Waals surface area contributed by atoms with Crippen molar-refractivity contribution in [2.24, 2.45) is 0 Å². The Labute approximate surface area is 170 Å². The van der Waals surface area contributed by atoms with E-state index in [-0.39, 0.29) is 24.8 Å². The van der Waals surface area contributed by atoms with Crippen molar-refractivity contribution in [1.82, 2.24) is 0 Å². The molecule has 0 radical (unpaired) electrons. The van der Waals surface area contributed by atoms with Crippen LogP contribution in [0.2, 0.25) is 0 Å². The second-order valence-corrected chi connectivity index (χ2v) is 7.63. The molecule has 0 aliphatic heterocycles. The number of rotatable bonds is 6. The number of thioether (sulfide) groups is 1. The van der Waals surface area contributed by atoms with E-state index < -0.39 is 5.63 Å². The van der Waals surface area contributed by atoms with E-state index in [4.69, 9.17) is 9.15 Å². The highest BCUT2D eigenvalue weighted by Gasteiger charge is 2.12. The van der Waals surface area contributed by atoms with Gasteiger partial charge in [-0.05, 0) is 41.1 Å². The van der Waals surface area contributed by atoms with Crippen LogP contribution in [0.1, 0.15) is 12.0 Å². The summed E-state index contributed by atoms with van der Waals surface area (Å²) in [6.07, 6.45) is 0.210. The minimum atomic E-state index is -0.481. The second kappa shape index (κ2) is 8.49. The Balaban J connectivity index is 1.46. The lowest BCUT2D eigenvalue weighted by Crippen LogP contribution is -2.08. The van der Waals surface area contributed by atoms with Crippen molar-refractivity contribution in [3.05, 3.63) is 88.5 Å². The van der Waals surface area contributed by atoms with E-state index in [1.807, 2.05) is 30.3 Å². The molecule has 1 aromatic heterocycles. The van der Waals surface area contributed by atoms with Crippen LogP contribution >= 0.6 is 11.8 Å². The summed E-state index contributed by atoms with van der Waals surface area (Å²) in [6.45, 7) is -0.00381. The average molecular weight is 408 g/mol. The first-order chi connectivity index (χ1) is 14.1. The van der Waals surface area contributed by atoms with Gasteiger partial charge in [0.25, 0.3) is 0 Å². The predicted molar refractivity (Wildman–Crippen MR) is 112 cm³/mol. The zero-order valence-electron chi connectivity index (χ0n) is 15.4. The molecule has 0 saturated heterocycles. The van der Waals surface area contributed by atoms with Gasteiger partial charge < -0.3 is 9.15 Å². The van der Waals surface area contributed by atoms with Crippen molar-refractivity contribution in [3.8, 4) is 0 Å². The topological polar surface area (TPSA) is 56.5 Å². The molecule has 0 spiro atoms. The van der Waals surface area contributed by atoms with Crippen molar-refractivity contribution < 1.29 is 18.3 Å². The molecule has 0 atom stereocenters. The molecule has 3 aromatic carbocycles. The summed E-state index contributed by atoms with van der Waals surface area (Å²) in [5.74, 6) is -0.132. The molecule has 146 valence electrons. The Kier molecular flexibility index (Phi) is 5.62. The van der Waals surface area contributed by atoms with Crippen LogP contribution in [0.25, 0.3) is 21.7 Å². The van der Waals surface area contributed by atoms with E-state index >= 15 is 0 Å². The van der Waals surface area contributed by atoms with Crippen molar-refractivity contribution in [2.75, 3.05) is 5.75 Å². The van der Waals surface area contributed by atoms with Gasteiger partial charge in [-0.25, -0.2) is 9.18 Å². The van der Waals surface area contributed by atoms with Gasteiger partial charge in [0.1, 0.15) is 18.0 Å². The number of fused-ring (bicyclic) bond motifs is 3. The zero-order chi connectivity index (χ0) is 20.2. The minimum Gasteiger partial charge on any atom is -0.461 e. The quantitative estimate of drug-likeness (QED) is 0.187. The Hall–Kier alpha value is -3.12. The lowest BCUT2D eigenvalue weighted by atomic mass is 10.0. The molecular formula is C23H17FO4S. The minimum absolute atomic E-state index is 0.00381. The summed E-state index contributed by atoms with van der Waals surface area (Å²) in [7, 11) is 0. The summed E-state index contributed by atoms with van der Waals surface area (Å²) in [5.41, 5.74) is 0.604. The molecule has 1 heterocycles. The summed E-state index contributed by atoms with van der Waals surface area (Å²) in [5, 5.41) is 2.72. The van der Waals surface area contributed by atoms with Gasteiger partial charge in [-0.3, -0.25) is 4.79 Å².